The number of hydrogen-bond donors (Lipinski definition) is 2. The number of halogens is 1. The number of pyridine rings is 1. The highest BCUT2D eigenvalue weighted by molar-refractivity contribution is 9.10. The second-order valence-corrected chi connectivity index (χ2v) is 5.91. The first-order valence-electron chi connectivity index (χ1n) is 6.26. The molecule has 2 rings (SSSR count). The van der Waals surface area contributed by atoms with Crippen LogP contribution in [0.4, 0.5) is 5.82 Å². The summed E-state index contributed by atoms with van der Waals surface area (Å²) in [6, 6.07) is 1.81. The van der Waals surface area contributed by atoms with Gasteiger partial charge in [-0.3, -0.25) is 4.79 Å². The van der Waals surface area contributed by atoms with Gasteiger partial charge in [0.25, 0.3) is 5.91 Å². The molecule has 0 unspecified atom stereocenters. The van der Waals surface area contributed by atoms with E-state index in [4.69, 9.17) is 0 Å². The summed E-state index contributed by atoms with van der Waals surface area (Å²) in [4.78, 5) is 16.5. The van der Waals surface area contributed by atoms with Crippen LogP contribution in [-0.4, -0.2) is 23.0 Å². The maximum Gasteiger partial charge on any atom is 0.255 e. The largest absolute Gasteiger partial charge is 0.369 e. The lowest BCUT2D eigenvalue weighted by Gasteiger charge is -2.14. The Morgan fingerprint density at radius 2 is 2.28 bits per heavy atom. The zero-order valence-electron chi connectivity index (χ0n) is 10.7. The molecular weight excluding hydrogens is 294 g/mol. The number of rotatable bonds is 5. The molecule has 1 aliphatic rings. The molecule has 1 aromatic rings. The summed E-state index contributed by atoms with van der Waals surface area (Å²) in [6.45, 7) is 4.96. The summed E-state index contributed by atoms with van der Waals surface area (Å²) in [5.41, 5.74) is 0.590. The van der Waals surface area contributed by atoms with Crippen molar-refractivity contribution in [3.63, 3.8) is 0 Å². The molecule has 2 N–H and O–H groups in total. The van der Waals surface area contributed by atoms with Gasteiger partial charge in [-0.05, 0) is 48.2 Å². The molecule has 5 heteroatoms. The number of anilines is 1. The van der Waals surface area contributed by atoms with Crippen LogP contribution in [0.1, 0.15) is 43.5 Å². The van der Waals surface area contributed by atoms with Crippen molar-refractivity contribution in [3.05, 3.63) is 22.3 Å². The van der Waals surface area contributed by atoms with Crippen molar-refractivity contribution in [2.24, 2.45) is 0 Å². The van der Waals surface area contributed by atoms with Crippen LogP contribution < -0.4 is 10.6 Å². The van der Waals surface area contributed by atoms with Crippen LogP contribution in [0.2, 0.25) is 0 Å². The first-order valence-corrected chi connectivity index (χ1v) is 7.05. The van der Waals surface area contributed by atoms with Crippen LogP contribution in [-0.2, 0) is 0 Å². The molecule has 4 nitrogen and oxygen atoms in total. The molecule has 0 bridgehead atoms. The molecule has 1 fully saturated rings. The van der Waals surface area contributed by atoms with Gasteiger partial charge in [0.05, 0.1) is 5.56 Å². The van der Waals surface area contributed by atoms with Crippen LogP contribution >= 0.6 is 15.9 Å². The van der Waals surface area contributed by atoms with Crippen LogP contribution in [0, 0.1) is 0 Å². The summed E-state index contributed by atoms with van der Waals surface area (Å²) in [6.07, 6.45) is 4.81. The van der Waals surface area contributed by atoms with Crippen molar-refractivity contribution in [2.75, 3.05) is 11.9 Å². The summed E-state index contributed by atoms with van der Waals surface area (Å²) < 4.78 is 0.815. The summed E-state index contributed by atoms with van der Waals surface area (Å²) >= 11 is 3.36. The van der Waals surface area contributed by atoms with E-state index in [0.29, 0.717) is 11.4 Å². The second-order valence-electron chi connectivity index (χ2n) is 4.99. The highest BCUT2D eigenvalue weighted by atomic mass is 79.9. The van der Waals surface area contributed by atoms with Gasteiger partial charge in [-0.15, -0.1) is 0 Å². The fourth-order valence-corrected chi connectivity index (χ4v) is 1.98. The Bertz CT molecular complexity index is 458. The molecule has 0 atom stereocenters. The third kappa shape index (κ3) is 3.22. The molecule has 1 saturated carbocycles. The minimum Gasteiger partial charge on any atom is -0.369 e. The molecule has 1 aliphatic carbocycles. The number of nitrogens with zero attached hydrogens (tertiary/aromatic N) is 1. The van der Waals surface area contributed by atoms with E-state index in [2.05, 4.69) is 45.4 Å². The Hall–Kier alpha value is -1.10. The van der Waals surface area contributed by atoms with E-state index >= 15 is 0 Å². The molecule has 18 heavy (non-hydrogen) atoms. The normalized spacial score (nSPS) is 16.2. The fraction of sp³-hybridized carbons (Fsp3) is 0.538. The minimum absolute atomic E-state index is 0.0125. The van der Waals surface area contributed by atoms with Crippen molar-refractivity contribution in [1.82, 2.24) is 10.3 Å². The molecule has 0 radical (unpaired) electrons. The molecule has 0 spiro atoms. The van der Waals surface area contributed by atoms with E-state index < -0.39 is 0 Å². The second kappa shape index (κ2) is 5.26. The SMILES string of the molecule is CCCNc1ncc(Br)cc1C(=O)NC1(C)CC1. The van der Waals surface area contributed by atoms with E-state index in [0.717, 1.165) is 30.3 Å². The van der Waals surface area contributed by atoms with Gasteiger partial charge in [0, 0.05) is 22.8 Å². The predicted octanol–water partition coefficient (Wildman–Crippen LogP) is 2.95. The number of carbonyl (C=O) groups is 1. The Balaban J connectivity index is 2.17. The zero-order valence-corrected chi connectivity index (χ0v) is 12.3. The van der Waals surface area contributed by atoms with Crippen molar-refractivity contribution < 1.29 is 4.79 Å². The standard InChI is InChI=1S/C13H18BrN3O/c1-3-6-15-11-10(7-9(14)8-16-11)12(18)17-13(2)4-5-13/h7-8H,3-6H2,1-2H3,(H,15,16)(H,17,18). The molecular formula is C13H18BrN3O. The van der Waals surface area contributed by atoms with E-state index in [9.17, 15) is 4.79 Å². The monoisotopic (exact) mass is 311 g/mol. The molecule has 98 valence electrons. The summed E-state index contributed by atoms with van der Waals surface area (Å²) in [7, 11) is 0. The van der Waals surface area contributed by atoms with Gasteiger partial charge < -0.3 is 10.6 Å². The molecule has 0 aromatic carbocycles. The number of amides is 1. The van der Waals surface area contributed by atoms with E-state index in [1.807, 2.05) is 6.07 Å². The highest BCUT2D eigenvalue weighted by Gasteiger charge is 2.39. The Morgan fingerprint density at radius 3 is 2.89 bits per heavy atom. The van der Waals surface area contributed by atoms with E-state index in [1.54, 1.807) is 6.20 Å². The zero-order chi connectivity index (χ0) is 13.2. The van der Waals surface area contributed by atoms with Gasteiger partial charge in [0.2, 0.25) is 0 Å². The molecule has 1 amide bonds. The molecule has 1 aromatic heterocycles. The first-order chi connectivity index (χ1) is 8.54. The number of carbonyl (C=O) groups excluding carboxylic acids is 1. The third-order valence-corrected chi connectivity index (χ3v) is 3.49. The van der Waals surface area contributed by atoms with Crippen LogP contribution in [0.5, 0.6) is 0 Å². The van der Waals surface area contributed by atoms with Crippen LogP contribution in [0.3, 0.4) is 0 Å². The molecule has 0 aliphatic heterocycles. The third-order valence-electron chi connectivity index (χ3n) is 3.06. The Labute approximate surface area is 116 Å². The average Bonchev–Trinajstić information content (AvgIpc) is 3.05. The minimum atomic E-state index is -0.0533. The summed E-state index contributed by atoms with van der Waals surface area (Å²) in [5, 5.41) is 6.24. The van der Waals surface area contributed by atoms with Gasteiger partial charge in [0.15, 0.2) is 0 Å². The summed E-state index contributed by atoms with van der Waals surface area (Å²) in [5.74, 6) is 0.601. The van der Waals surface area contributed by atoms with Gasteiger partial charge in [-0.1, -0.05) is 6.92 Å². The fourth-order valence-electron chi connectivity index (χ4n) is 1.65. The predicted molar refractivity (Wildman–Crippen MR) is 75.8 cm³/mol. The smallest absolute Gasteiger partial charge is 0.255 e. The average molecular weight is 312 g/mol. The highest BCUT2D eigenvalue weighted by Crippen LogP contribution is 2.35. The topological polar surface area (TPSA) is 54.0 Å². The van der Waals surface area contributed by atoms with Gasteiger partial charge in [-0.2, -0.15) is 0 Å². The molecule has 1 heterocycles. The lowest BCUT2D eigenvalue weighted by Crippen LogP contribution is -2.34. The Morgan fingerprint density at radius 1 is 1.56 bits per heavy atom. The number of hydrogen-bond acceptors (Lipinski definition) is 3. The van der Waals surface area contributed by atoms with E-state index in [-0.39, 0.29) is 11.4 Å². The van der Waals surface area contributed by atoms with Crippen molar-refractivity contribution in [3.8, 4) is 0 Å². The molecule has 0 saturated heterocycles. The quantitative estimate of drug-likeness (QED) is 0.879. The van der Waals surface area contributed by atoms with Crippen LogP contribution in [0.15, 0.2) is 16.7 Å². The maximum atomic E-state index is 12.2. The van der Waals surface area contributed by atoms with Crippen molar-refractivity contribution in [2.45, 2.75) is 38.6 Å². The van der Waals surface area contributed by atoms with Gasteiger partial charge in [-0.25, -0.2) is 4.98 Å². The van der Waals surface area contributed by atoms with Gasteiger partial charge in [0.1, 0.15) is 5.82 Å². The lowest BCUT2D eigenvalue weighted by atomic mass is 10.2. The van der Waals surface area contributed by atoms with Gasteiger partial charge >= 0.3 is 0 Å². The maximum absolute atomic E-state index is 12.2. The van der Waals surface area contributed by atoms with E-state index in [1.165, 1.54) is 0 Å². The number of nitrogens with one attached hydrogen (secondary N) is 2. The van der Waals surface area contributed by atoms with Crippen molar-refractivity contribution in [1.29, 1.82) is 0 Å². The Kier molecular flexibility index (Phi) is 3.90. The van der Waals surface area contributed by atoms with Crippen molar-refractivity contribution >= 4 is 27.7 Å². The lowest BCUT2D eigenvalue weighted by molar-refractivity contribution is 0.0936. The van der Waals surface area contributed by atoms with Crippen LogP contribution in [0.25, 0.3) is 0 Å². The first kappa shape index (κ1) is 13.3. The number of aromatic nitrogens is 1.